The quantitative estimate of drug-likeness (QED) is 0.628. The zero-order chi connectivity index (χ0) is 19.2. The van der Waals surface area contributed by atoms with Crippen molar-refractivity contribution < 1.29 is 13.9 Å². The smallest absolute Gasteiger partial charge is 0.230 e. The van der Waals surface area contributed by atoms with E-state index < -0.39 is 0 Å². The second-order valence-electron chi connectivity index (χ2n) is 5.71. The summed E-state index contributed by atoms with van der Waals surface area (Å²) >= 11 is 1.19. The number of ether oxygens (including phenoxy) is 1. The first-order valence-corrected chi connectivity index (χ1v) is 9.13. The Kier molecular flexibility index (Phi) is 6.02. The minimum Gasteiger partial charge on any atom is -0.494 e. The Hall–Kier alpha value is -2.94. The van der Waals surface area contributed by atoms with Crippen LogP contribution in [0.5, 0.6) is 5.75 Å². The van der Waals surface area contributed by atoms with Crippen molar-refractivity contribution in [3.05, 3.63) is 59.4 Å². The van der Waals surface area contributed by atoms with Crippen LogP contribution in [0.25, 0.3) is 5.69 Å². The van der Waals surface area contributed by atoms with E-state index in [1.165, 1.54) is 22.5 Å². The van der Waals surface area contributed by atoms with Crippen molar-refractivity contribution in [1.82, 2.24) is 25.5 Å². The molecule has 2 aromatic carbocycles. The highest BCUT2D eigenvalue weighted by atomic mass is 32.2. The number of benzene rings is 2. The van der Waals surface area contributed by atoms with Gasteiger partial charge in [0.1, 0.15) is 17.3 Å². The first-order valence-electron chi connectivity index (χ1n) is 8.15. The van der Waals surface area contributed by atoms with Gasteiger partial charge in [0.2, 0.25) is 11.1 Å². The number of aryl methyl sites for hydroxylation is 1. The summed E-state index contributed by atoms with van der Waals surface area (Å²) in [6.07, 6.45) is 0. The van der Waals surface area contributed by atoms with Crippen LogP contribution in [0, 0.1) is 12.7 Å². The number of rotatable bonds is 7. The van der Waals surface area contributed by atoms with Crippen molar-refractivity contribution in [2.45, 2.75) is 18.6 Å². The van der Waals surface area contributed by atoms with Crippen molar-refractivity contribution in [3.63, 3.8) is 0 Å². The molecule has 0 atom stereocenters. The van der Waals surface area contributed by atoms with E-state index in [0.29, 0.717) is 22.2 Å². The average Bonchev–Trinajstić information content (AvgIpc) is 3.14. The molecule has 0 aliphatic rings. The molecule has 0 unspecified atom stereocenters. The molecule has 9 heteroatoms. The number of carbonyl (C=O) groups is 1. The third kappa shape index (κ3) is 4.62. The second-order valence-corrected chi connectivity index (χ2v) is 6.65. The van der Waals surface area contributed by atoms with Crippen molar-refractivity contribution >= 4 is 17.7 Å². The number of tetrazole rings is 1. The maximum absolute atomic E-state index is 13.6. The van der Waals surface area contributed by atoms with E-state index in [2.05, 4.69) is 20.8 Å². The van der Waals surface area contributed by atoms with Crippen molar-refractivity contribution in [2.24, 2.45) is 0 Å². The third-order valence-electron chi connectivity index (χ3n) is 3.77. The molecular weight excluding hydrogens is 369 g/mol. The Morgan fingerprint density at radius 1 is 1.30 bits per heavy atom. The van der Waals surface area contributed by atoms with E-state index in [0.717, 1.165) is 5.56 Å². The molecule has 0 spiro atoms. The number of nitrogens with one attached hydrogen (secondary N) is 1. The lowest BCUT2D eigenvalue weighted by Crippen LogP contribution is -2.25. The van der Waals surface area contributed by atoms with Crippen LogP contribution in [-0.2, 0) is 11.3 Å². The minimum absolute atomic E-state index is 0.100. The number of thioether (sulfide) groups is 1. The normalized spacial score (nSPS) is 10.6. The topological polar surface area (TPSA) is 81.9 Å². The van der Waals surface area contributed by atoms with Crippen molar-refractivity contribution in [1.29, 1.82) is 0 Å². The van der Waals surface area contributed by atoms with Gasteiger partial charge in [0.15, 0.2) is 0 Å². The number of hydrogen-bond donors (Lipinski definition) is 1. The van der Waals surface area contributed by atoms with Crippen LogP contribution < -0.4 is 10.1 Å². The van der Waals surface area contributed by atoms with E-state index in [4.69, 9.17) is 4.74 Å². The number of methoxy groups -OCH3 is 1. The summed E-state index contributed by atoms with van der Waals surface area (Å²) in [7, 11) is 1.57. The van der Waals surface area contributed by atoms with Gasteiger partial charge in [-0.2, -0.15) is 4.68 Å². The number of hydrogen-bond acceptors (Lipinski definition) is 6. The molecule has 0 fully saturated rings. The van der Waals surface area contributed by atoms with Gasteiger partial charge in [-0.25, -0.2) is 4.39 Å². The Balaban J connectivity index is 1.65. The highest BCUT2D eigenvalue weighted by molar-refractivity contribution is 7.99. The molecule has 7 nitrogen and oxygen atoms in total. The fourth-order valence-electron chi connectivity index (χ4n) is 2.40. The van der Waals surface area contributed by atoms with Gasteiger partial charge in [-0.15, -0.1) is 5.10 Å². The molecule has 0 radical (unpaired) electrons. The molecule has 1 aromatic heterocycles. The second kappa shape index (κ2) is 8.63. The number of nitrogens with zero attached hydrogens (tertiary/aromatic N) is 4. The number of aromatic nitrogens is 4. The van der Waals surface area contributed by atoms with E-state index in [1.54, 1.807) is 25.3 Å². The molecule has 1 heterocycles. The van der Waals surface area contributed by atoms with Gasteiger partial charge >= 0.3 is 0 Å². The highest BCUT2D eigenvalue weighted by Crippen LogP contribution is 2.26. The molecule has 27 heavy (non-hydrogen) atoms. The van der Waals surface area contributed by atoms with Crippen LogP contribution in [0.2, 0.25) is 0 Å². The van der Waals surface area contributed by atoms with E-state index in [1.807, 2.05) is 25.1 Å². The summed E-state index contributed by atoms with van der Waals surface area (Å²) in [4.78, 5) is 12.1. The molecule has 0 aliphatic carbocycles. The minimum atomic E-state index is -0.346. The van der Waals surface area contributed by atoms with Gasteiger partial charge < -0.3 is 10.1 Å². The SMILES string of the molecule is COc1ccc(C)cc1-n1nnnc1SCC(=O)NCc1ccccc1F. The van der Waals surface area contributed by atoms with E-state index in [-0.39, 0.29) is 24.0 Å². The zero-order valence-corrected chi connectivity index (χ0v) is 15.7. The maximum Gasteiger partial charge on any atom is 0.230 e. The van der Waals surface area contributed by atoms with Crippen LogP contribution in [0.3, 0.4) is 0 Å². The van der Waals surface area contributed by atoms with E-state index in [9.17, 15) is 9.18 Å². The maximum atomic E-state index is 13.6. The van der Waals surface area contributed by atoms with Gasteiger partial charge in [-0.1, -0.05) is 36.0 Å². The van der Waals surface area contributed by atoms with Crippen LogP contribution in [-0.4, -0.2) is 39.0 Å². The van der Waals surface area contributed by atoms with E-state index >= 15 is 0 Å². The highest BCUT2D eigenvalue weighted by Gasteiger charge is 2.15. The fraction of sp³-hybridized carbons (Fsp3) is 0.222. The largest absolute Gasteiger partial charge is 0.494 e. The van der Waals surface area contributed by atoms with Crippen molar-refractivity contribution in [3.8, 4) is 11.4 Å². The standard InChI is InChI=1S/C18H18FN5O2S/c1-12-7-8-16(26-2)15(9-12)24-18(21-22-23-24)27-11-17(25)20-10-13-5-3-4-6-14(13)19/h3-9H,10-11H2,1-2H3,(H,20,25). The van der Waals surface area contributed by atoms with Gasteiger partial charge in [0.05, 0.1) is 12.9 Å². The lowest BCUT2D eigenvalue weighted by atomic mass is 10.2. The molecule has 140 valence electrons. The Bertz CT molecular complexity index is 947. The summed E-state index contributed by atoms with van der Waals surface area (Å²) in [6.45, 7) is 2.08. The van der Waals surface area contributed by atoms with Crippen LogP contribution in [0.15, 0.2) is 47.6 Å². The molecule has 0 saturated carbocycles. The lowest BCUT2D eigenvalue weighted by Gasteiger charge is -2.10. The zero-order valence-electron chi connectivity index (χ0n) is 14.8. The third-order valence-corrected chi connectivity index (χ3v) is 4.69. The fourth-order valence-corrected chi connectivity index (χ4v) is 3.12. The summed E-state index contributed by atoms with van der Waals surface area (Å²) in [5.74, 6) is 0.136. The molecular formula is C18H18FN5O2S. The van der Waals surface area contributed by atoms with Crippen LogP contribution in [0.4, 0.5) is 4.39 Å². The Morgan fingerprint density at radius 3 is 2.89 bits per heavy atom. The van der Waals surface area contributed by atoms with Gasteiger partial charge in [0.25, 0.3) is 0 Å². The molecule has 1 amide bonds. The van der Waals surface area contributed by atoms with Gasteiger partial charge in [-0.05, 0) is 41.1 Å². The summed E-state index contributed by atoms with van der Waals surface area (Å²) < 4.78 is 20.5. The first-order chi connectivity index (χ1) is 13.1. The molecule has 3 rings (SSSR count). The summed E-state index contributed by atoms with van der Waals surface area (Å²) in [5, 5.41) is 14.8. The van der Waals surface area contributed by atoms with Crippen molar-refractivity contribution in [2.75, 3.05) is 12.9 Å². The number of carbonyl (C=O) groups excluding carboxylic acids is 1. The molecule has 3 aromatic rings. The lowest BCUT2D eigenvalue weighted by molar-refractivity contribution is -0.118. The predicted octanol–water partition coefficient (Wildman–Crippen LogP) is 2.53. The Labute approximate surface area is 159 Å². The Morgan fingerprint density at radius 2 is 2.11 bits per heavy atom. The average molecular weight is 387 g/mol. The molecule has 0 saturated heterocycles. The molecule has 0 bridgehead atoms. The van der Waals surface area contributed by atoms with Crippen LogP contribution in [0.1, 0.15) is 11.1 Å². The van der Waals surface area contributed by atoms with Gasteiger partial charge in [0, 0.05) is 12.1 Å². The predicted molar refractivity (Wildman–Crippen MR) is 99.4 cm³/mol. The monoisotopic (exact) mass is 387 g/mol. The summed E-state index contributed by atoms with van der Waals surface area (Å²) in [5.41, 5.74) is 2.15. The molecule has 0 aliphatic heterocycles. The van der Waals surface area contributed by atoms with Gasteiger partial charge in [-0.3, -0.25) is 4.79 Å². The number of amides is 1. The molecule has 1 N–H and O–H groups in total. The van der Waals surface area contributed by atoms with Crippen LogP contribution >= 0.6 is 11.8 Å². The first kappa shape index (κ1) is 18.8. The number of halogens is 1. The summed E-state index contributed by atoms with van der Waals surface area (Å²) in [6, 6.07) is 12.0.